The number of piperidine rings is 1. The average molecular weight is 515 g/mol. The lowest BCUT2D eigenvalue weighted by Gasteiger charge is -2.32. The van der Waals surface area contributed by atoms with E-state index in [0.29, 0.717) is 28.5 Å². The fourth-order valence-corrected chi connectivity index (χ4v) is 5.44. The quantitative estimate of drug-likeness (QED) is 0.372. The van der Waals surface area contributed by atoms with E-state index < -0.39 is 0 Å². The summed E-state index contributed by atoms with van der Waals surface area (Å²) in [6.45, 7) is 7.53. The number of ether oxygens (including phenoxy) is 1. The Hall–Kier alpha value is -3.98. The van der Waals surface area contributed by atoms with Crippen LogP contribution in [0.15, 0.2) is 53.6 Å². The van der Waals surface area contributed by atoms with Gasteiger partial charge in [0.25, 0.3) is 11.5 Å². The number of para-hydroxylation sites is 1. The van der Waals surface area contributed by atoms with E-state index in [1.54, 1.807) is 25.4 Å². The van der Waals surface area contributed by atoms with Crippen molar-refractivity contribution in [1.82, 2.24) is 29.7 Å². The molecule has 0 aliphatic carbocycles. The van der Waals surface area contributed by atoms with Gasteiger partial charge in [0.15, 0.2) is 0 Å². The number of aromatic amines is 1. The van der Waals surface area contributed by atoms with Crippen molar-refractivity contribution in [1.29, 1.82) is 0 Å². The highest BCUT2D eigenvalue weighted by molar-refractivity contribution is 6.08. The van der Waals surface area contributed by atoms with E-state index in [2.05, 4.69) is 35.8 Å². The van der Waals surface area contributed by atoms with E-state index in [0.717, 1.165) is 61.4 Å². The van der Waals surface area contributed by atoms with Gasteiger partial charge in [0, 0.05) is 41.2 Å². The zero-order chi connectivity index (χ0) is 26.6. The summed E-state index contributed by atoms with van der Waals surface area (Å²) in [7, 11) is 1.53. The highest BCUT2D eigenvalue weighted by Crippen LogP contribution is 2.29. The van der Waals surface area contributed by atoms with Gasteiger partial charge in [-0.2, -0.15) is 0 Å². The van der Waals surface area contributed by atoms with Crippen LogP contribution in [0.4, 0.5) is 0 Å². The van der Waals surface area contributed by atoms with Crippen LogP contribution in [0.5, 0.6) is 5.75 Å². The minimum Gasteiger partial charge on any atom is -0.496 e. The van der Waals surface area contributed by atoms with Crippen LogP contribution in [-0.4, -0.2) is 50.5 Å². The van der Waals surface area contributed by atoms with Gasteiger partial charge in [0.2, 0.25) is 0 Å². The van der Waals surface area contributed by atoms with Gasteiger partial charge in [0.1, 0.15) is 11.6 Å². The van der Waals surface area contributed by atoms with Gasteiger partial charge < -0.3 is 19.6 Å². The fourth-order valence-electron chi connectivity index (χ4n) is 5.44. The molecule has 0 spiro atoms. The minimum atomic E-state index is -0.258. The number of nitrogens with one attached hydrogen (secondary N) is 2. The molecule has 3 aromatic heterocycles. The third kappa shape index (κ3) is 5.33. The Kier molecular flexibility index (Phi) is 7.55. The van der Waals surface area contributed by atoms with E-state index in [1.807, 2.05) is 31.2 Å². The summed E-state index contributed by atoms with van der Waals surface area (Å²) in [5.74, 6) is 1.65. The number of likely N-dealkylation sites (tertiary alicyclic amines) is 1. The van der Waals surface area contributed by atoms with Crippen molar-refractivity contribution in [2.24, 2.45) is 5.92 Å². The number of nitrogens with zero attached hydrogens (tertiary/aromatic N) is 4. The molecule has 4 heterocycles. The number of hydrogen-bond donors (Lipinski definition) is 2. The zero-order valence-electron chi connectivity index (χ0n) is 22.2. The predicted octanol–water partition coefficient (Wildman–Crippen LogP) is 3.59. The van der Waals surface area contributed by atoms with Crippen molar-refractivity contribution in [3.63, 3.8) is 0 Å². The predicted molar refractivity (Wildman–Crippen MR) is 146 cm³/mol. The summed E-state index contributed by atoms with van der Waals surface area (Å²) >= 11 is 0. The van der Waals surface area contributed by atoms with Crippen molar-refractivity contribution < 1.29 is 9.53 Å². The SMILES string of the molecule is COc1cc(C)[nH]c(=O)c1CNC(=O)c1c(C)n(CC2CCN(Cc3ncccn3)CC2)c2ccccc12. The lowest BCUT2D eigenvalue weighted by molar-refractivity contribution is 0.0951. The van der Waals surface area contributed by atoms with Crippen LogP contribution in [0, 0.1) is 19.8 Å². The molecule has 0 atom stereocenters. The van der Waals surface area contributed by atoms with E-state index >= 15 is 0 Å². The maximum Gasteiger partial charge on any atom is 0.256 e. The third-order valence-corrected chi connectivity index (χ3v) is 7.47. The number of carbonyl (C=O) groups excluding carboxylic acids is 1. The lowest BCUT2D eigenvalue weighted by Crippen LogP contribution is -2.35. The van der Waals surface area contributed by atoms with Crippen LogP contribution in [0.2, 0.25) is 0 Å². The smallest absolute Gasteiger partial charge is 0.256 e. The maximum atomic E-state index is 13.5. The van der Waals surface area contributed by atoms with Crippen molar-refractivity contribution in [3.05, 3.63) is 87.5 Å². The summed E-state index contributed by atoms with van der Waals surface area (Å²) in [6, 6.07) is 11.6. The molecule has 4 aromatic rings. The number of amides is 1. The standard InChI is InChI=1S/C29H34N6O3/c1-19-15-25(38-3)23(28(36)33-19)16-32-29(37)27-20(2)35(24-8-5-4-7-22(24)27)17-21-9-13-34(14-10-21)18-26-30-11-6-12-31-26/h4-8,11-12,15,21H,9-10,13-14,16-18H2,1-3H3,(H,32,37)(H,33,36). The highest BCUT2D eigenvalue weighted by Gasteiger charge is 2.25. The van der Waals surface area contributed by atoms with Gasteiger partial charge >= 0.3 is 0 Å². The first-order valence-corrected chi connectivity index (χ1v) is 13.1. The van der Waals surface area contributed by atoms with Crippen LogP contribution < -0.4 is 15.6 Å². The number of hydrogen-bond acceptors (Lipinski definition) is 6. The molecule has 0 saturated carbocycles. The molecule has 38 heavy (non-hydrogen) atoms. The molecule has 0 unspecified atom stereocenters. The van der Waals surface area contributed by atoms with Gasteiger partial charge in [-0.15, -0.1) is 0 Å². The normalized spacial score (nSPS) is 14.6. The number of pyridine rings is 1. The first-order chi connectivity index (χ1) is 18.4. The summed E-state index contributed by atoms with van der Waals surface area (Å²) in [5.41, 5.74) is 3.50. The number of benzene rings is 1. The molecule has 1 saturated heterocycles. The molecule has 1 aliphatic rings. The van der Waals surface area contributed by atoms with Crippen LogP contribution in [0.3, 0.4) is 0 Å². The Morgan fingerprint density at radius 2 is 1.87 bits per heavy atom. The van der Waals surface area contributed by atoms with E-state index in [4.69, 9.17) is 4.74 Å². The van der Waals surface area contributed by atoms with Gasteiger partial charge in [0.05, 0.1) is 31.3 Å². The van der Waals surface area contributed by atoms with Gasteiger partial charge in [-0.05, 0) is 63.9 Å². The lowest BCUT2D eigenvalue weighted by atomic mass is 9.96. The van der Waals surface area contributed by atoms with Gasteiger partial charge in [-0.1, -0.05) is 18.2 Å². The number of H-pyrrole nitrogens is 1. The highest BCUT2D eigenvalue weighted by atomic mass is 16.5. The van der Waals surface area contributed by atoms with Crippen LogP contribution in [0.1, 0.15) is 46.0 Å². The summed E-state index contributed by atoms with van der Waals surface area (Å²) in [6.07, 6.45) is 5.74. The first kappa shape index (κ1) is 25.7. The number of rotatable bonds is 8. The maximum absolute atomic E-state index is 13.5. The Morgan fingerprint density at radius 1 is 1.13 bits per heavy atom. The van der Waals surface area contributed by atoms with E-state index in [1.165, 1.54) is 7.11 Å². The molecule has 1 aliphatic heterocycles. The largest absolute Gasteiger partial charge is 0.496 e. The molecule has 1 fully saturated rings. The Bertz CT molecular complexity index is 1490. The molecular weight excluding hydrogens is 480 g/mol. The Balaban J connectivity index is 1.31. The molecule has 9 nitrogen and oxygen atoms in total. The molecular formula is C29H34N6O3. The monoisotopic (exact) mass is 514 g/mol. The summed E-state index contributed by atoms with van der Waals surface area (Å²) < 4.78 is 7.66. The number of aryl methyl sites for hydroxylation is 1. The average Bonchev–Trinajstić information content (AvgIpc) is 3.20. The number of aromatic nitrogens is 4. The molecule has 1 amide bonds. The number of methoxy groups -OCH3 is 1. The number of carbonyl (C=O) groups is 1. The second-order valence-electron chi connectivity index (χ2n) is 9.98. The van der Waals surface area contributed by atoms with Crippen molar-refractivity contribution in [3.8, 4) is 5.75 Å². The second-order valence-corrected chi connectivity index (χ2v) is 9.98. The van der Waals surface area contributed by atoms with Crippen LogP contribution >= 0.6 is 0 Å². The van der Waals surface area contributed by atoms with Gasteiger partial charge in [-0.25, -0.2) is 9.97 Å². The van der Waals surface area contributed by atoms with Crippen LogP contribution in [-0.2, 0) is 19.6 Å². The van der Waals surface area contributed by atoms with E-state index in [-0.39, 0.29) is 18.0 Å². The van der Waals surface area contributed by atoms with Gasteiger partial charge in [-0.3, -0.25) is 14.5 Å². The third-order valence-electron chi connectivity index (χ3n) is 7.47. The van der Waals surface area contributed by atoms with Crippen molar-refractivity contribution in [2.75, 3.05) is 20.2 Å². The molecule has 198 valence electrons. The molecule has 5 rings (SSSR count). The molecule has 1 aromatic carbocycles. The zero-order valence-corrected chi connectivity index (χ0v) is 22.2. The molecule has 9 heteroatoms. The van der Waals surface area contributed by atoms with Crippen molar-refractivity contribution >= 4 is 16.8 Å². The second kappa shape index (κ2) is 11.2. The summed E-state index contributed by atoms with van der Waals surface area (Å²) in [5, 5.41) is 3.88. The number of fused-ring (bicyclic) bond motifs is 1. The van der Waals surface area contributed by atoms with Crippen molar-refractivity contribution in [2.45, 2.75) is 46.3 Å². The summed E-state index contributed by atoms with van der Waals surface area (Å²) in [4.78, 5) is 39.9. The first-order valence-electron chi connectivity index (χ1n) is 13.1. The minimum absolute atomic E-state index is 0.0835. The van der Waals surface area contributed by atoms with E-state index in [9.17, 15) is 9.59 Å². The van der Waals surface area contributed by atoms with Crippen LogP contribution in [0.25, 0.3) is 10.9 Å². The molecule has 0 radical (unpaired) electrons. The topological polar surface area (TPSA) is 105 Å². The Morgan fingerprint density at radius 3 is 2.61 bits per heavy atom. The Labute approximate surface area is 221 Å². The molecule has 0 bridgehead atoms. The fraction of sp³-hybridized carbons (Fsp3) is 0.379. The molecule has 2 N–H and O–H groups in total.